The molecular weight excluding hydrogens is 445 g/mol. The minimum absolute atomic E-state index is 0.139. The van der Waals surface area contributed by atoms with Gasteiger partial charge >= 0.3 is 0 Å². The van der Waals surface area contributed by atoms with Gasteiger partial charge in [-0.1, -0.05) is 17.3 Å². The van der Waals surface area contributed by atoms with Crippen LogP contribution >= 0.6 is 0 Å². The van der Waals surface area contributed by atoms with Crippen LogP contribution in [0.5, 0.6) is 0 Å². The topological polar surface area (TPSA) is 120 Å². The van der Waals surface area contributed by atoms with Crippen LogP contribution in [0.3, 0.4) is 0 Å². The van der Waals surface area contributed by atoms with Gasteiger partial charge in [-0.3, -0.25) is 4.98 Å². The maximum atomic E-state index is 14.1. The Bertz CT molecular complexity index is 1210. The highest BCUT2D eigenvalue weighted by atomic mass is 32.2. The molecule has 0 amide bonds. The third-order valence-corrected chi connectivity index (χ3v) is 7.30. The van der Waals surface area contributed by atoms with Gasteiger partial charge in [0.2, 0.25) is 10.0 Å². The summed E-state index contributed by atoms with van der Waals surface area (Å²) < 4.78 is 38.6. The first-order valence-electron chi connectivity index (χ1n) is 10.6. The molecule has 0 bridgehead atoms. The van der Waals surface area contributed by atoms with Crippen LogP contribution in [0.25, 0.3) is 11.1 Å². The third-order valence-electron chi connectivity index (χ3n) is 6.07. The minimum Gasteiger partial charge on any atom is -0.390 e. The van der Waals surface area contributed by atoms with E-state index in [1.165, 1.54) is 16.4 Å². The molecule has 2 fully saturated rings. The van der Waals surface area contributed by atoms with Gasteiger partial charge in [0.25, 0.3) is 0 Å². The van der Waals surface area contributed by atoms with Crippen LogP contribution in [-0.2, 0) is 14.9 Å². The smallest absolute Gasteiger partial charge is 0.211 e. The number of rotatable bonds is 6. The van der Waals surface area contributed by atoms with Crippen molar-refractivity contribution < 1.29 is 17.6 Å². The van der Waals surface area contributed by atoms with Crippen LogP contribution in [-0.4, -0.2) is 60.3 Å². The fourth-order valence-electron chi connectivity index (χ4n) is 4.39. The average Bonchev–Trinajstić information content (AvgIpc) is 2.71. The fourth-order valence-corrected chi connectivity index (χ4v) is 5.26. The number of nitrogens with zero attached hydrogens (tertiary/aromatic N) is 3. The highest BCUT2D eigenvalue weighted by molar-refractivity contribution is 7.88. The van der Waals surface area contributed by atoms with E-state index >= 15 is 0 Å². The molecule has 2 unspecified atom stereocenters. The molecule has 0 spiro atoms. The van der Waals surface area contributed by atoms with E-state index in [9.17, 15) is 12.8 Å². The second-order valence-corrected chi connectivity index (χ2v) is 10.6. The normalized spacial score (nSPS) is 23.4. The predicted octanol–water partition coefficient (Wildman–Crippen LogP) is 3.46. The summed E-state index contributed by atoms with van der Waals surface area (Å²) in [5.74, 6) is -1.04. The van der Waals surface area contributed by atoms with Gasteiger partial charge in [-0.25, -0.2) is 12.8 Å². The Kier molecular flexibility index (Phi) is 6.40. The zero-order valence-electron chi connectivity index (χ0n) is 18.5. The van der Waals surface area contributed by atoms with Crippen molar-refractivity contribution in [2.24, 2.45) is 11.1 Å². The van der Waals surface area contributed by atoms with E-state index in [0.29, 0.717) is 35.5 Å². The number of halogens is 1. The largest absolute Gasteiger partial charge is 0.390 e. The number of sulfonamides is 1. The molecule has 2 N–H and O–H groups in total. The summed E-state index contributed by atoms with van der Waals surface area (Å²) in [6, 6.07) is 8.29. The zero-order chi connectivity index (χ0) is 23.8. The van der Waals surface area contributed by atoms with Crippen LogP contribution in [0.1, 0.15) is 31.2 Å². The summed E-state index contributed by atoms with van der Waals surface area (Å²) in [6.07, 6.45) is 5.00. The van der Waals surface area contributed by atoms with E-state index in [4.69, 9.17) is 15.7 Å². The Morgan fingerprint density at radius 3 is 2.67 bits per heavy atom. The molecular formula is C23H26FN5O3S. The minimum atomic E-state index is -3.25. The van der Waals surface area contributed by atoms with E-state index in [-0.39, 0.29) is 30.9 Å². The number of oxime groups is 1. The van der Waals surface area contributed by atoms with E-state index in [0.717, 1.165) is 17.4 Å². The Labute approximate surface area is 192 Å². The van der Waals surface area contributed by atoms with Crippen LogP contribution in [0.15, 0.2) is 47.9 Å². The average molecular weight is 472 g/mol. The molecule has 2 aliphatic rings. The van der Waals surface area contributed by atoms with Crippen molar-refractivity contribution in [3.05, 3.63) is 54.1 Å². The zero-order valence-corrected chi connectivity index (χ0v) is 19.3. The standard InChI is InChI=1S/C23H26FN5O3S/c1-14(25)23-21(26)8-16(9-22(23)28-32-18-12-29(13-18)33(2,30)31)19-6-5-17(24)10-20(19)15-4-3-7-27-11-15/h3-7,10-11,16,18,23,25-26H,8-9,12-13H2,1-2H3. The summed E-state index contributed by atoms with van der Waals surface area (Å²) in [4.78, 5) is 9.76. The molecule has 33 heavy (non-hydrogen) atoms. The molecule has 1 saturated carbocycles. The fraction of sp³-hybridized carbons (Fsp3) is 0.391. The second-order valence-electron chi connectivity index (χ2n) is 8.61. The number of benzene rings is 1. The van der Waals surface area contributed by atoms with Crippen molar-refractivity contribution in [1.82, 2.24) is 9.29 Å². The lowest BCUT2D eigenvalue weighted by Gasteiger charge is -2.36. The third kappa shape index (κ3) is 5.01. The molecule has 0 radical (unpaired) electrons. The molecule has 1 aromatic carbocycles. The van der Waals surface area contributed by atoms with Gasteiger partial charge in [0.1, 0.15) is 5.82 Å². The van der Waals surface area contributed by atoms with Gasteiger partial charge in [-0.15, -0.1) is 0 Å². The van der Waals surface area contributed by atoms with Crippen molar-refractivity contribution in [3.63, 3.8) is 0 Å². The van der Waals surface area contributed by atoms with E-state index in [1.54, 1.807) is 31.5 Å². The predicted molar refractivity (Wildman–Crippen MR) is 125 cm³/mol. The molecule has 1 aliphatic heterocycles. The summed E-state index contributed by atoms with van der Waals surface area (Å²) in [5, 5.41) is 21.1. The monoisotopic (exact) mass is 471 g/mol. The maximum absolute atomic E-state index is 14.1. The van der Waals surface area contributed by atoms with Crippen molar-refractivity contribution >= 4 is 27.2 Å². The Morgan fingerprint density at radius 2 is 2.03 bits per heavy atom. The molecule has 2 heterocycles. The first kappa shape index (κ1) is 23.2. The molecule has 2 atom stereocenters. The van der Waals surface area contributed by atoms with Gasteiger partial charge in [-0.2, -0.15) is 4.31 Å². The summed E-state index contributed by atoms with van der Waals surface area (Å²) in [7, 11) is -3.25. The lowest BCUT2D eigenvalue weighted by molar-refractivity contribution is -0.0175. The lowest BCUT2D eigenvalue weighted by atomic mass is 9.73. The van der Waals surface area contributed by atoms with Crippen molar-refractivity contribution in [2.75, 3.05) is 19.3 Å². The van der Waals surface area contributed by atoms with Crippen LogP contribution < -0.4 is 0 Å². The molecule has 1 saturated heterocycles. The van der Waals surface area contributed by atoms with Gasteiger partial charge in [0.15, 0.2) is 6.10 Å². The molecule has 1 aromatic heterocycles. The highest BCUT2D eigenvalue weighted by Gasteiger charge is 2.37. The molecule has 174 valence electrons. The lowest BCUT2D eigenvalue weighted by Crippen LogP contribution is -2.53. The summed E-state index contributed by atoms with van der Waals surface area (Å²) in [5.41, 5.74) is 3.61. The number of pyridine rings is 1. The van der Waals surface area contributed by atoms with Crippen molar-refractivity contribution in [1.29, 1.82) is 10.8 Å². The Hall–Kier alpha value is -2.98. The van der Waals surface area contributed by atoms with Gasteiger partial charge in [-0.05, 0) is 55.0 Å². The van der Waals surface area contributed by atoms with Crippen LogP contribution in [0.2, 0.25) is 0 Å². The van der Waals surface area contributed by atoms with Gasteiger partial charge in [0.05, 0.1) is 31.0 Å². The molecule has 2 aromatic rings. The van der Waals surface area contributed by atoms with Crippen LogP contribution in [0.4, 0.5) is 4.39 Å². The van der Waals surface area contributed by atoms with Crippen molar-refractivity contribution in [2.45, 2.75) is 31.8 Å². The Balaban J connectivity index is 1.61. The quantitative estimate of drug-likeness (QED) is 0.495. The first-order valence-corrected chi connectivity index (χ1v) is 12.5. The first-order chi connectivity index (χ1) is 15.6. The molecule has 10 heteroatoms. The van der Waals surface area contributed by atoms with E-state index < -0.39 is 15.9 Å². The number of hydrogen-bond acceptors (Lipinski definition) is 7. The SMILES string of the molecule is CC(=N)C1C(=N)CC(c2ccc(F)cc2-c2cccnc2)CC1=NOC1CN(S(C)(=O)=O)C1. The number of nitrogens with one attached hydrogen (secondary N) is 2. The van der Waals surface area contributed by atoms with Crippen molar-refractivity contribution in [3.8, 4) is 11.1 Å². The van der Waals surface area contributed by atoms with E-state index in [1.807, 2.05) is 6.07 Å². The molecule has 4 rings (SSSR count). The highest BCUT2D eigenvalue weighted by Crippen LogP contribution is 2.38. The van der Waals surface area contributed by atoms with Gasteiger partial charge < -0.3 is 15.7 Å². The van der Waals surface area contributed by atoms with E-state index in [2.05, 4.69) is 10.1 Å². The number of aromatic nitrogens is 1. The summed E-state index contributed by atoms with van der Waals surface area (Å²) in [6.45, 7) is 2.10. The van der Waals surface area contributed by atoms with Crippen LogP contribution in [0, 0.1) is 22.6 Å². The second kappa shape index (κ2) is 9.11. The molecule has 1 aliphatic carbocycles. The summed E-state index contributed by atoms with van der Waals surface area (Å²) >= 11 is 0. The number of hydrogen-bond donors (Lipinski definition) is 2. The maximum Gasteiger partial charge on any atom is 0.211 e. The Morgan fingerprint density at radius 1 is 1.27 bits per heavy atom. The van der Waals surface area contributed by atoms with Gasteiger partial charge in [0, 0.05) is 29.4 Å². The molecule has 8 nitrogen and oxygen atoms in total.